The van der Waals surface area contributed by atoms with Gasteiger partial charge in [-0.2, -0.15) is 0 Å². The number of ether oxygens (including phenoxy) is 1. The molecule has 1 aliphatic rings. The summed E-state index contributed by atoms with van der Waals surface area (Å²) in [5.74, 6) is 0.472. The molecule has 0 saturated heterocycles. The van der Waals surface area contributed by atoms with Crippen molar-refractivity contribution in [3.8, 4) is 5.75 Å². The number of benzene rings is 1. The molecule has 0 aromatic heterocycles. The van der Waals surface area contributed by atoms with Gasteiger partial charge in [-0.25, -0.2) is 4.39 Å². The van der Waals surface area contributed by atoms with E-state index < -0.39 is 0 Å². The molecule has 15 heavy (non-hydrogen) atoms. The summed E-state index contributed by atoms with van der Waals surface area (Å²) >= 11 is 0. The molecule has 0 radical (unpaired) electrons. The van der Waals surface area contributed by atoms with Crippen LogP contribution < -0.4 is 4.74 Å². The van der Waals surface area contributed by atoms with E-state index in [0.717, 1.165) is 18.4 Å². The summed E-state index contributed by atoms with van der Waals surface area (Å²) in [7, 11) is 0. The lowest BCUT2D eigenvalue weighted by atomic mass is 9.98. The van der Waals surface area contributed by atoms with Crippen LogP contribution in [-0.2, 0) is 0 Å². The molecule has 1 saturated carbocycles. The van der Waals surface area contributed by atoms with Crippen molar-refractivity contribution in [1.82, 2.24) is 0 Å². The standard InChI is InChI=1S/C13H17FO/c1-10-7-11(14)9-13(8-10)15-12-5-3-2-4-6-12/h7-9,12H,2-6H2,1H3. The minimum Gasteiger partial charge on any atom is -0.490 e. The van der Waals surface area contributed by atoms with Crippen molar-refractivity contribution in [1.29, 1.82) is 0 Å². The van der Waals surface area contributed by atoms with Crippen LogP contribution in [0, 0.1) is 12.7 Å². The molecule has 0 amide bonds. The van der Waals surface area contributed by atoms with Gasteiger partial charge in [-0.1, -0.05) is 6.42 Å². The van der Waals surface area contributed by atoms with Crippen molar-refractivity contribution in [2.45, 2.75) is 45.1 Å². The first-order valence-corrected chi connectivity index (χ1v) is 5.68. The SMILES string of the molecule is Cc1cc(F)cc(OC2CCCCC2)c1. The average molecular weight is 208 g/mol. The van der Waals surface area contributed by atoms with Crippen molar-refractivity contribution >= 4 is 0 Å². The molecular weight excluding hydrogens is 191 g/mol. The van der Waals surface area contributed by atoms with E-state index in [1.807, 2.05) is 13.0 Å². The largest absolute Gasteiger partial charge is 0.490 e. The quantitative estimate of drug-likeness (QED) is 0.717. The number of rotatable bonds is 2. The first-order chi connectivity index (χ1) is 7.24. The summed E-state index contributed by atoms with van der Waals surface area (Å²) in [6, 6.07) is 4.90. The van der Waals surface area contributed by atoms with Gasteiger partial charge in [0.25, 0.3) is 0 Å². The van der Waals surface area contributed by atoms with Gasteiger partial charge in [-0.3, -0.25) is 0 Å². The molecule has 0 spiro atoms. The Morgan fingerprint density at radius 3 is 2.53 bits per heavy atom. The molecule has 0 N–H and O–H groups in total. The highest BCUT2D eigenvalue weighted by molar-refractivity contribution is 5.28. The Morgan fingerprint density at radius 1 is 1.13 bits per heavy atom. The van der Waals surface area contributed by atoms with E-state index >= 15 is 0 Å². The summed E-state index contributed by atoms with van der Waals surface area (Å²) in [5.41, 5.74) is 0.917. The maximum absolute atomic E-state index is 13.1. The predicted octanol–water partition coefficient (Wildman–Crippen LogP) is 3.85. The normalized spacial score (nSPS) is 17.7. The van der Waals surface area contributed by atoms with Crippen LogP contribution >= 0.6 is 0 Å². The zero-order valence-corrected chi connectivity index (χ0v) is 9.13. The number of halogens is 1. The highest BCUT2D eigenvalue weighted by Gasteiger charge is 2.15. The molecule has 0 aliphatic heterocycles. The highest BCUT2D eigenvalue weighted by atomic mass is 19.1. The summed E-state index contributed by atoms with van der Waals surface area (Å²) in [6.45, 7) is 1.89. The molecule has 0 heterocycles. The second-order valence-electron chi connectivity index (χ2n) is 4.34. The van der Waals surface area contributed by atoms with E-state index in [1.165, 1.54) is 31.4 Å². The molecular formula is C13H17FO. The van der Waals surface area contributed by atoms with Gasteiger partial charge in [0.15, 0.2) is 0 Å². The third kappa shape index (κ3) is 2.95. The van der Waals surface area contributed by atoms with Crippen molar-refractivity contribution in [3.63, 3.8) is 0 Å². The Kier molecular flexibility index (Phi) is 3.24. The second-order valence-corrected chi connectivity index (χ2v) is 4.34. The highest BCUT2D eigenvalue weighted by Crippen LogP contribution is 2.24. The third-order valence-corrected chi connectivity index (χ3v) is 2.87. The predicted molar refractivity (Wildman–Crippen MR) is 58.6 cm³/mol. The fourth-order valence-electron chi connectivity index (χ4n) is 2.15. The van der Waals surface area contributed by atoms with Crippen LogP contribution in [0.1, 0.15) is 37.7 Å². The minimum atomic E-state index is -0.208. The summed E-state index contributed by atoms with van der Waals surface area (Å²) in [4.78, 5) is 0. The zero-order valence-electron chi connectivity index (χ0n) is 9.13. The average Bonchev–Trinajstić information content (AvgIpc) is 2.17. The maximum atomic E-state index is 13.1. The van der Waals surface area contributed by atoms with E-state index in [-0.39, 0.29) is 5.82 Å². The van der Waals surface area contributed by atoms with Gasteiger partial charge < -0.3 is 4.74 Å². The minimum absolute atomic E-state index is 0.208. The Balaban J connectivity index is 2.02. The van der Waals surface area contributed by atoms with E-state index in [9.17, 15) is 4.39 Å². The molecule has 1 nitrogen and oxygen atoms in total. The van der Waals surface area contributed by atoms with Crippen molar-refractivity contribution in [3.05, 3.63) is 29.6 Å². The first-order valence-electron chi connectivity index (χ1n) is 5.68. The van der Waals surface area contributed by atoms with Gasteiger partial charge in [-0.15, -0.1) is 0 Å². The molecule has 82 valence electrons. The Bertz CT molecular complexity index is 309. The van der Waals surface area contributed by atoms with Gasteiger partial charge in [0.2, 0.25) is 0 Å². The Morgan fingerprint density at radius 2 is 1.87 bits per heavy atom. The van der Waals surface area contributed by atoms with Gasteiger partial charge >= 0.3 is 0 Å². The molecule has 1 aromatic rings. The van der Waals surface area contributed by atoms with E-state index in [4.69, 9.17) is 4.74 Å². The van der Waals surface area contributed by atoms with Gasteiger partial charge in [-0.05, 0) is 50.3 Å². The van der Waals surface area contributed by atoms with Crippen LogP contribution in [0.5, 0.6) is 5.75 Å². The molecule has 0 unspecified atom stereocenters. The van der Waals surface area contributed by atoms with Gasteiger partial charge in [0.05, 0.1) is 6.10 Å². The Hall–Kier alpha value is -1.05. The fraction of sp³-hybridized carbons (Fsp3) is 0.538. The monoisotopic (exact) mass is 208 g/mol. The van der Waals surface area contributed by atoms with Crippen LogP contribution in [0.3, 0.4) is 0 Å². The summed E-state index contributed by atoms with van der Waals surface area (Å²) in [6.07, 6.45) is 6.28. The van der Waals surface area contributed by atoms with Crippen molar-refractivity contribution in [2.75, 3.05) is 0 Å². The van der Waals surface area contributed by atoms with E-state index in [0.29, 0.717) is 11.9 Å². The Labute approximate surface area is 90.3 Å². The zero-order chi connectivity index (χ0) is 10.7. The second kappa shape index (κ2) is 4.65. The topological polar surface area (TPSA) is 9.23 Å². The molecule has 0 bridgehead atoms. The lowest BCUT2D eigenvalue weighted by Gasteiger charge is -2.23. The number of aryl methyl sites for hydroxylation is 1. The summed E-state index contributed by atoms with van der Waals surface area (Å²) in [5, 5.41) is 0. The maximum Gasteiger partial charge on any atom is 0.127 e. The van der Waals surface area contributed by atoms with Crippen molar-refractivity contribution < 1.29 is 9.13 Å². The third-order valence-electron chi connectivity index (χ3n) is 2.87. The molecule has 2 heteroatoms. The first kappa shape index (κ1) is 10.5. The smallest absolute Gasteiger partial charge is 0.127 e. The van der Waals surface area contributed by atoms with Crippen LogP contribution in [0.2, 0.25) is 0 Å². The number of hydrogen-bond donors (Lipinski definition) is 0. The van der Waals surface area contributed by atoms with Gasteiger partial charge in [0.1, 0.15) is 11.6 Å². The van der Waals surface area contributed by atoms with Crippen LogP contribution in [0.25, 0.3) is 0 Å². The molecule has 2 rings (SSSR count). The molecule has 1 fully saturated rings. The van der Waals surface area contributed by atoms with E-state index in [1.54, 1.807) is 0 Å². The van der Waals surface area contributed by atoms with Crippen LogP contribution in [-0.4, -0.2) is 6.10 Å². The lowest BCUT2D eigenvalue weighted by molar-refractivity contribution is 0.154. The number of hydrogen-bond acceptors (Lipinski definition) is 1. The summed E-state index contributed by atoms with van der Waals surface area (Å²) < 4.78 is 18.9. The van der Waals surface area contributed by atoms with E-state index in [2.05, 4.69) is 0 Å². The molecule has 1 aliphatic carbocycles. The van der Waals surface area contributed by atoms with Gasteiger partial charge in [0, 0.05) is 6.07 Å². The lowest BCUT2D eigenvalue weighted by Crippen LogP contribution is -2.19. The van der Waals surface area contributed by atoms with Crippen molar-refractivity contribution in [2.24, 2.45) is 0 Å². The van der Waals surface area contributed by atoms with Crippen LogP contribution in [0.15, 0.2) is 18.2 Å². The molecule has 0 atom stereocenters. The fourth-order valence-corrected chi connectivity index (χ4v) is 2.15. The van der Waals surface area contributed by atoms with Crippen LogP contribution in [0.4, 0.5) is 4.39 Å². The molecule has 1 aromatic carbocycles.